The van der Waals surface area contributed by atoms with E-state index in [1.165, 1.54) is 16.7 Å². The van der Waals surface area contributed by atoms with Crippen LogP contribution in [0.3, 0.4) is 0 Å². The summed E-state index contributed by atoms with van der Waals surface area (Å²) in [6.07, 6.45) is 1.86. The van der Waals surface area contributed by atoms with Gasteiger partial charge in [0.1, 0.15) is 0 Å². The number of halogens is 1. The Morgan fingerprint density at radius 3 is 2.50 bits per heavy atom. The first-order chi connectivity index (χ1) is 11.5. The second kappa shape index (κ2) is 6.97. The van der Waals surface area contributed by atoms with E-state index in [1.54, 1.807) is 18.2 Å². The molecule has 1 amide bonds. The Balaban J connectivity index is 1.88. The molecule has 3 rings (SSSR count). The monoisotopic (exact) mass is 374 g/mol. The van der Waals surface area contributed by atoms with Crippen LogP contribution in [0.5, 0.6) is 0 Å². The Labute approximate surface area is 155 Å². The van der Waals surface area contributed by atoms with Gasteiger partial charge >= 0.3 is 0 Å². The molecule has 0 spiro atoms. The zero-order valence-electron chi connectivity index (χ0n) is 13.2. The van der Waals surface area contributed by atoms with Crippen LogP contribution in [0.2, 0.25) is 5.02 Å². The lowest BCUT2D eigenvalue weighted by atomic mass is 10.2. The first-order valence-electron chi connectivity index (χ1n) is 7.26. The molecule has 0 radical (unpaired) electrons. The van der Waals surface area contributed by atoms with Gasteiger partial charge in [-0.25, -0.2) is 0 Å². The van der Waals surface area contributed by atoms with Crippen molar-refractivity contribution in [3.63, 3.8) is 0 Å². The van der Waals surface area contributed by atoms with E-state index in [1.807, 2.05) is 55.4 Å². The third-order valence-corrected chi connectivity index (χ3v) is 5.10. The van der Waals surface area contributed by atoms with Crippen LogP contribution in [-0.4, -0.2) is 24.3 Å². The van der Waals surface area contributed by atoms with E-state index in [4.69, 9.17) is 23.8 Å². The lowest BCUT2D eigenvalue weighted by molar-refractivity contribution is -0.113. The Bertz CT molecular complexity index is 831. The predicted octanol–water partition coefficient (Wildman–Crippen LogP) is 4.81. The van der Waals surface area contributed by atoms with Gasteiger partial charge in [0.25, 0.3) is 5.91 Å². The highest BCUT2D eigenvalue weighted by molar-refractivity contribution is 8.27. The Kier molecular flexibility index (Phi) is 4.94. The molecule has 3 nitrogen and oxygen atoms in total. The number of thiocarbonyl (C=S) groups is 1. The molecular weight excluding hydrogens is 360 g/mol. The van der Waals surface area contributed by atoms with Gasteiger partial charge in [0.15, 0.2) is 4.32 Å². The van der Waals surface area contributed by atoms with Crippen LogP contribution < -0.4 is 9.80 Å². The Morgan fingerprint density at radius 2 is 1.88 bits per heavy atom. The SMILES string of the molecule is CN(C)c1ccc(/C=C2\SC(=S)N(c3cccc(Cl)c3)C2=O)cc1. The summed E-state index contributed by atoms with van der Waals surface area (Å²) in [5.74, 6) is -0.121. The van der Waals surface area contributed by atoms with Crippen LogP contribution >= 0.6 is 35.6 Å². The molecule has 6 heteroatoms. The molecule has 1 aliphatic rings. The average molecular weight is 375 g/mol. The molecule has 0 N–H and O–H groups in total. The first-order valence-corrected chi connectivity index (χ1v) is 8.87. The van der Waals surface area contributed by atoms with Gasteiger partial charge in [-0.15, -0.1) is 0 Å². The number of hydrogen-bond donors (Lipinski definition) is 0. The van der Waals surface area contributed by atoms with Gasteiger partial charge in [0.2, 0.25) is 0 Å². The van der Waals surface area contributed by atoms with Crippen molar-refractivity contribution in [3.8, 4) is 0 Å². The van der Waals surface area contributed by atoms with Gasteiger partial charge in [-0.2, -0.15) is 0 Å². The Morgan fingerprint density at radius 1 is 1.17 bits per heavy atom. The Hall–Kier alpha value is -1.82. The van der Waals surface area contributed by atoms with Gasteiger partial charge in [0.05, 0.1) is 10.6 Å². The van der Waals surface area contributed by atoms with Crippen LogP contribution in [0.1, 0.15) is 5.56 Å². The summed E-state index contributed by atoms with van der Waals surface area (Å²) in [5.41, 5.74) is 2.77. The molecule has 1 fully saturated rings. The molecule has 1 saturated heterocycles. The molecule has 2 aromatic carbocycles. The van der Waals surface area contributed by atoms with Gasteiger partial charge in [-0.1, -0.05) is 53.8 Å². The van der Waals surface area contributed by atoms with Gasteiger partial charge in [0, 0.05) is 24.8 Å². The summed E-state index contributed by atoms with van der Waals surface area (Å²) >= 11 is 12.7. The third kappa shape index (κ3) is 3.48. The highest BCUT2D eigenvalue weighted by Gasteiger charge is 2.33. The number of amides is 1. The van der Waals surface area contributed by atoms with E-state index in [9.17, 15) is 4.79 Å². The van der Waals surface area contributed by atoms with E-state index in [0.717, 1.165) is 11.3 Å². The van der Waals surface area contributed by atoms with Crippen LogP contribution in [0, 0.1) is 0 Å². The predicted molar refractivity (Wildman–Crippen MR) is 108 cm³/mol. The summed E-state index contributed by atoms with van der Waals surface area (Å²) in [6, 6.07) is 15.1. The molecule has 0 aromatic heterocycles. The zero-order valence-corrected chi connectivity index (χ0v) is 15.6. The number of anilines is 2. The zero-order chi connectivity index (χ0) is 17.3. The number of nitrogens with zero attached hydrogens (tertiary/aromatic N) is 2. The van der Waals surface area contributed by atoms with Crippen LogP contribution in [0.4, 0.5) is 11.4 Å². The first kappa shape index (κ1) is 17.0. The fourth-order valence-corrected chi connectivity index (χ4v) is 3.81. The van der Waals surface area contributed by atoms with Crippen molar-refractivity contribution in [1.82, 2.24) is 0 Å². The highest BCUT2D eigenvalue weighted by Crippen LogP contribution is 2.36. The van der Waals surface area contributed by atoms with Crippen LogP contribution in [0.25, 0.3) is 6.08 Å². The normalized spacial score (nSPS) is 16.1. The lowest BCUT2D eigenvalue weighted by Gasteiger charge is -2.14. The number of benzene rings is 2. The fourth-order valence-electron chi connectivity index (χ4n) is 2.33. The van der Waals surface area contributed by atoms with E-state index >= 15 is 0 Å². The number of carbonyl (C=O) groups is 1. The maximum atomic E-state index is 12.7. The average Bonchev–Trinajstić information content (AvgIpc) is 2.82. The molecule has 0 bridgehead atoms. The van der Waals surface area contributed by atoms with Crippen LogP contribution in [-0.2, 0) is 4.79 Å². The quantitative estimate of drug-likeness (QED) is 0.568. The third-order valence-electron chi connectivity index (χ3n) is 3.57. The van der Waals surface area contributed by atoms with E-state index in [2.05, 4.69) is 0 Å². The maximum Gasteiger partial charge on any atom is 0.270 e. The van der Waals surface area contributed by atoms with Crippen molar-refractivity contribution in [3.05, 3.63) is 64.0 Å². The smallest absolute Gasteiger partial charge is 0.270 e. The number of carbonyl (C=O) groups excluding carboxylic acids is 1. The molecule has 0 saturated carbocycles. The minimum Gasteiger partial charge on any atom is -0.378 e. The molecule has 0 unspecified atom stereocenters. The minimum absolute atomic E-state index is 0.121. The summed E-state index contributed by atoms with van der Waals surface area (Å²) in [6.45, 7) is 0. The lowest BCUT2D eigenvalue weighted by Crippen LogP contribution is -2.27. The summed E-state index contributed by atoms with van der Waals surface area (Å²) in [5, 5.41) is 0.574. The largest absolute Gasteiger partial charge is 0.378 e. The van der Waals surface area contributed by atoms with Crippen molar-refractivity contribution in [2.75, 3.05) is 23.9 Å². The molecule has 24 heavy (non-hydrogen) atoms. The van der Waals surface area contributed by atoms with E-state index in [0.29, 0.717) is 19.9 Å². The van der Waals surface area contributed by atoms with Crippen molar-refractivity contribution in [2.24, 2.45) is 0 Å². The number of hydrogen-bond acceptors (Lipinski definition) is 4. The summed E-state index contributed by atoms with van der Waals surface area (Å²) < 4.78 is 0.512. The van der Waals surface area contributed by atoms with E-state index < -0.39 is 0 Å². The molecular formula is C18H15ClN2OS2. The highest BCUT2D eigenvalue weighted by atomic mass is 35.5. The molecule has 2 aromatic rings. The number of rotatable bonds is 3. The van der Waals surface area contributed by atoms with Gasteiger partial charge in [-0.05, 0) is 42.0 Å². The molecule has 1 heterocycles. The minimum atomic E-state index is -0.121. The number of thioether (sulfide) groups is 1. The topological polar surface area (TPSA) is 23.6 Å². The van der Waals surface area contributed by atoms with Crippen LogP contribution in [0.15, 0.2) is 53.4 Å². The van der Waals surface area contributed by atoms with E-state index in [-0.39, 0.29) is 5.91 Å². The van der Waals surface area contributed by atoms with Crippen molar-refractivity contribution >= 4 is 63.3 Å². The van der Waals surface area contributed by atoms with Gasteiger partial charge < -0.3 is 4.90 Å². The maximum absolute atomic E-state index is 12.7. The fraction of sp³-hybridized carbons (Fsp3) is 0.111. The van der Waals surface area contributed by atoms with Gasteiger partial charge in [-0.3, -0.25) is 9.69 Å². The van der Waals surface area contributed by atoms with Crippen molar-refractivity contribution in [2.45, 2.75) is 0 Å². The molecule has 0 atom stereocenters. The second-order valence-corrected chi connectivity index (χ2v) is 7.60. The molecule has 0 aliphatic carbocycles. The summed E-state index contributed by atoms with van der Waals surface area (Å²) in [4.78, 5) is 16.9. The molecule has 1 aliphatic heterocycles. The standard InChI is InChI=1S/C18H15ClN2OS2/c1-20(2)14-8-6-12(7-9-14)10-16-17(22)21(18(23)24-16)15-5-3-4-13(19)11-15/h3-11H,1-2H3/b16-10-. The summed E-state index contributed by atoms with van der Waals surface area (Å²) in [7, 11) is 3.98. The second-order valence-electron chi connectivity index (χ2n) is 5.48. The van der Waals surface area contributed by atoms with Crippen molar-refractivity contribution < 1.29 is 4.79 Å². The molecule has 122 valence electrons. The van der Waals surface area contributed by atoms with Crippen molar-refractivity contribution in [1.29, 1.82) is 0 Å².